The van der Waals surface area contributed by atoms with Gasteiger partial charge in [-0.3, -0.25) is 9.59 Å². The van der Waals surface area contributed by atoms with Crippen molar-refractivity contribution in [3.8, 4) is 5.82 Å². The topological polar surface area (TPSA) is 76.9 Å². The van der Waals surface area contributed by atoms with E-state index in [1.165, 1.54) is 13.1 Å². The van der Waals surface area contributed by atoms with Gasteiger partial charge >= 0.3 is 0 Å². The molecular formula is C18H16N4O2. The molecule has 0 bridgehead atoms. The standard InChI is InChI=1S/C18H16N4O2/c1-12-16(11-20-22(12)17-5-3-4-10-19-17)18(24)21-15-8-6-14(7-9-15)13(2)23/h3-11H,1-2H3,(H,21,24). The zero-order valence-corrected chi connectivity index (χ0v) is 13.4. The number of ketones is 1. The minimum atomic E-state index is -0.259. The Labute approximate surface area is 139 Å². The highest BCUT2D eigenvalue weighted by Gasteiger charge is 2.15. The van der Waals surface area contributed by atoms with Gasteiger partial charge in [0.1, 0.15) is 0 Å². The molecule has 2 aromatic heterocycles. The van der Waals surface area contributed by atoms with E-state index in [0.717, 1.165) is 0 Å². The number of anilines is 1. The van der Waals surface area contributed by atoms with E-state index >= 15 is 0 Å². The molecule has 0 saturated carbocycles. The molecular weight excluding hydrogens is 304 g/mol. The van der Waals surface area contributed by atoms with E-state index in [0.29, 0.717) is 28.3 Å². The van der Waals surface area contributed by atoms with Crippen molar-refractivity contribution in [3.63, 3.8) is 0 Å². The van der Waals surface area contributed by atoms with Crippen molar-refractivity contribution in [3.05, 3.63) is 71.7 Å². The number of hydrogen-bond acceptors (Lipinski definition) is 4. The molecule has 6 heteroatoms. The van der Waals surface area contributed by atoms with Gasteiger partial charge in [0.05, 0.1) is 17.5 Å². The van der Waals surface area contributed by atoms with Gasteiger partial charge in [-0.1, -0.05) is 6.07 Å². The number of hydrogen-bond donors (Lipinski definition) is 1. The van der Waals surface area contributed by atoms with E-state index in [2.05, 4.69) is 15.4 Å². The second-order valence-electron chi connectivity index (χ2n) is 5.33. The molecule has 0 aliphatic rings. The van der Waals surface area contributed by atoms with Gasteiger partial charge in [-0.25, -0.2) is 9.67 Å². The van der Waals surface area contributed by atoms with Crippen LogP contribution in [0.2, 0.25) is 0 Å². The second kappa shape index (κ2) is 6.45. The highest BCUT2D eigenvalue weighted by molar-refractivity contribution is 6.05. The zero-order valence-electron chi connectivity index (χ0n) is 13.4. The van der Waals surface area contributed by atoms with Crippen LogP contribution < -0.4 is 5.32 Å². The fraction of sp³-hybridized carbons (Fsp3) is 0.111. The number of benzene rings is 1. The molecule has 1 aromatic carbocycles. The van der Waals surface area contributed by atoms with Crippen LogP contribution in [-0.4, -0.2) is 26.5 Å². The molecule has 0 unspecified atom stereocenters. The third-order valence-electron chi connectivity index (χ3n) is 3.67. The summed E-state index contributed by atoms with van der Waals surface area (Å²) in [5.41, 5.74) is 2.39. The van der Waals surface area contributed by atoms with E-state index in [-0.39, 0.29) is 11.7 Å². The number of pyridine rings is 1. The number of nitrogens with one attached hydrogen (secondary N) is 1. The van der Waals surface area contributed by atoms with Crippen LogP contribution in [0, 0.1) is 6.92 Å². The van der Waals surface area contributed by atoms with Crippen LogP contribution >= 0.6 is 0 Å². The number of carbonyl (C=O) groups excluding carboxylic acids is 2. The Morgan fingerprint density at radius 2 is 1.83 bits per heavy atom. The molecule has 1 N–H and O–H groups in total. The summed E-state index contributed by atoms with van der Waals surface area (Å²) in [6.45, 7) is 3.32. The van der Waals surface area contributed by atoms with Crippen LogP contribution in [0.15, 0.2) is 54.9 Å². The summed E-state index contributed by atoms with van der Waals surface area (Å²) in [5.74, 6) is 0.380. The molecule has 0 spiro atoms. The number of aromatic nitrogens is 3. The molecule has 0 aliphatic heterocycles. The van der Waals surface area contributed by atoms with Crippen molar-refractivity contribution in [1.29, 1.82) is 0 Å². The van der Waals surface area contributed by atoms with E-state index < -0.39 is 0 Å². The maximum absolute atomic E-state index is 12.4. The van der Waals surface area contributed by atoms with Gasteiger partial charge in [-0.2, -0.15) is 5.10 Å². The summed E-state index contributed by atoms with van der Waals surface area (Å²) in [4.78, 5) is 28.0. The Morgan fingerprint density at radius 1 is 1.08 bits per heavy atom. The smallest absolute Gasteiger partial charge is 0.259 e. The summed E-state index contributed by atoms with van der Waals surface area (Å²) in [7, 11) is 0. The first-order chi connectivity index (χ1) is 11.6. The van der Waals surface area contributed by atoms with Crippen molar-refractivity contribution in [1.82, 2.24) is 14.8 Å². The Balaban J connectivity index is 1.81. The van der Waals surface area contributed by atoms with Crippen molar-refractivity contribution in [2.24, 2.45) is 0 Å². The number of Topliss-reactive ketones (excluding diaryl/α,β-unsaturated/α-hetero) is 1. The molecule has 0 fully saturated rings. The molecule has 0 aliphatic carbocycles. The summed E-state index contributed by atoms with van der Waals surface area (Å²) < 4.78 is 1.62. The van der Waals surface area contributed by atoms with E-state index in [4.69, 9.17) is 0 Å². The Kier molecular flexibility index (Phi) is 4.20. The molecule has 0 saturated heterocycles. The third-order valence-corrected chi connectivity index (χ3v) is 3.67. The van der Waals surface area contributed by atoms with Crippen LogP contribution in [0.3, 0.4) is 0 Å². The largest absolute Gasteiger partial charge is 0.322 e. The molecule has 6 nitrogen and oxygen atoms in total. The van der Waals surface area contributed by atoms with E-state index in [1.54, 1.807) is 35.1 Å². The summed E-state index contributed by atoms with van der Waals surface area (Å²) in [6.07, 6.45) is 3.19. The molecule has 24 heavy (non-hydrogen) atoms. The maximum atomic E-state index is 12.4. The van der Waals surface area contributed by atoms with Gasteiger partial charge < -0.3 is 5.32 Å². The first kappa shape index (κ1) is 15.6. The van der Waals surface area contributed by atoms with E-state index in [9.17, 15) is 9.59 Å². The molecule has 3 rings (SSSR count). The van der Waals surface area contributed by atoms with Crippen LogP contribution in [-0.2, 0) is 0 Å². The Morgan fingerprint density at radius 3 is 2.46 bits per heavy atom. The minimum Gasteiger partial charge on any atom is -0.322 e. The number of carbonyl (C=O) groups is 2. The number of nitrogens with zero attached hydrogens (tertiary/aromatic N) is 3. The predicted molar refractivity (Wildman–Crippen MR) is 90.5 cm³/mol. The lowest BCUT2D eigenvalue weighted by molar-refractivity contribution is 0.101. The fourth-order valence-corrected chi connectivity index (χ4v) is 2.33. The van der Waals surface area contributed by atoms with Gasteiger partial charge in [-0.05, 0) is 50.2 Å². The van der Waals surface area contributed by atoms with Crippen LogP contribution in [0.4, 0.5) is 5.69 Å². The molecule has 0 radical (unpaired) electrons. The summed E-state index contributed by atoms with van der Waals surface area (Å²) >= 11 is 0. The second-order valence-corrected chi connectivity index (χ2v) is 5.33. The summed E-state index contributed by atoms with van der Waals surface area (Å²) in [6, 6.07) is 12.3. The minimum absolute atomic E-state index is 0.0136. The first-order valence-corrected chi connectivity index (χ1v) is 7.44. The Bertz CT molecular complexity index is 883. The van der Waals surface area contributed by atoms with Crippen molar-refractivity contribution >= 4 is 17.4 Å². The normalized spacial score (nSPS) is 10.4. The summed E-state index contributed by atoms with van der Waals surface area (Å²) in [5, 5.41) is 7.04. The average molecular weight is 320 g/mol. The lowest BCUT2D eigenvalue weighted by Crippen LogP contribution is -2.13. The number of rotatable bonds is 4. The molecule has 2 heterocycles. The zero-order chi connectivity index (χ0) is 17.1. The van der Waals surface area contributed by atoms with Crippen molar-refractivity contribution in [2.45, 2.75) is 13.8 Å². The van der Waals surface area contributed by atoms with Gasteiger partial charge in [0.25, 0.3) is 5.91 Å². The van der Waals surface area contributed by atoms with Crippen LogP contribution in [0.25, 0.3) is 5.82 Å². The van der Waals surface area contributed by atoms with Crippen LogP contribution in [0.5, 0.6) is 0 Å². The number of amides is 1. The molecule has 3 aromatic rings. The maximum Gasteiger partial charge on any atom is 0.259 e. The van der Waals surface area contributed by atoms with Gasteiger partial charge in [0, 0.05) is 17.4 Å². The highest BCUT2D eigenvalue weighted by atomic mass is 16.1. The van der Waals surface area contributed by atoms with Gasteiger partial charge in [0.2, 0.25) is 0 Å². The fourth-order valence-electron chi connectivity index (χ4n) is 2.33. The highest BCUT2D eigenvalue weighted by Crippen LogP contribution is 2.15. The molecule has 1 amide bonds. The van der Waals surface area contributed by atoms with Crippen molar-refractivity contribution in [2.75, 3.05) is 5.32 Å². The van der Waals surface area contributed by atoms with Crippen molar-refractivity contribution < 1.29 is 9.59 Å². The Hall–Kier alpha value is -3.28. The molecule has 0 atom stereocenters. The van der Waals surface area contributed by atoms with Gasteiger partial charge in [0.15, 0.2) is 11.6 Å². The SMILES string of the molecule is CC(=O)c1ccc(NC(=O)c2cnn(-c3ccccn3)c2C)cc1. The third kappa shape index (κ3) is 3.08. The van der Waals surface area contributed by atoms with Gasteiger partial charge in [-0.15, -0.1) is 0 Å². The lowest BCUT2D eigenvalue weighted by atomic mass is 10.1. The first-order valence-electron chi connectivity index (χ1n) is 7.44. The van der Waals surface area contributed by atoms with Crippen LogP contribution in [0.1, 0.15) is 33.3 Å². The quantitative estimate of drug-likeness (QED) is 0.750. The lowest BCUT2D eigenvalue weighted by Gasteiger charge is -2.06. The van der Waals surface area contributed by atoms with E-state index in [1.807, 2.05) is 25.1 Å². The monoisotopic (exact) mass is 320 g/mol. The predicted octanol–water partition coefficient (Wildman–Crippen LogP) is 3.03. The molecule has 120 valence electrons. The average Bonchev–Trinajstić information content (AvgIpc) is 2.98.